The number of hydrogen-bond donors (Lipinski definition) is 1. The standard InChI is InChI=1S/C14H10F4O2/c1-20-9-3-4-10(12(15)7-9)11-6-8(14(16,17)18)2-5-13(11)19/h2-7,19H,1H3. The molecule has 0 aliphatic heterocycles. The van der Waals surface area contributed by atoms with E-state index in [0.717, 1.165) is 18.2 Å². The van der Waals surface area contributed by atoms with Gasteiger partial charge in [-0.3, -0.25) is 0 Å². The second kappa shape index (κ2) is 5.03. The summed E-state index contributed by atoms with van der Waals surface area (Å²) in [4.78, 5) is 0. The molecular weight excluding hydrogens is 276 g/mol. The molecule has 106 valence electrons. The van der Waals surface area contributed by atoms with Crippen molar-refractivity contribution >= 4 is 0 Å². The average molecular weight is 286 g/mol. The Morgan fingerprint density at radius 2 is 1.70 bits per heavy atom. The molecule has 0 heterocycles. The van der Waals surface area contributed by atoms with Crippen LogP contribution in [0.15, 0.2) is 36.4 Å². The van der Waals surface area contributed by atoms with Crippen molar-refractivity contribution in [1.82, 2.24) is 0 Å². The van der Waals surface area contributed by atoms with E-state index in [1.54, 1.807) is 0 Å². The number of phenolic OH excluding ortho intramolecular Hbond substituents is 1. The summed E-state index contributed by atoms with van der Waals surface area (Å²) in [7, 11) is 1.34. The number of phenols is 1. The Hall–Kier alpha value is -2.24. The van der Waals surface area contributed by atoms with Crippen molar-refractivity contribution < 1.29 is 27.4 Å². The van der Waals surface area contributed by atoms with Gasteiger partial charge >= 0.3 is 6.18 Å². The molecule has 0 spiro atoms. The largest absolute Gasteiger partial charge is 0.507 e. The van der Waals surface area contributed by atoms with Gasteiger partial charge < -0.3 is 9.84 Å². The van der Waals surface area contributed by atoms with Crippen molar-refractivity contribution in [2.24, 2.45) is 0 Å². The van der Waals surface area contributed by atoms with Crippen molar-refractivity contribution in [2.45, 2.75) is 6.18 Å². The van der Waals surface area contributed by atoms with Crippen molar-refractivity contribution in [3.05, 3.63) is 47.8 Å². The van der Waals surface area contributed by atoms with E-state index in [2.05, 4.69) is 0 Å². The molecule has 0 unspecified atom stereocenters. The van der Waals surface area contributed by atoms with Crippen LogP contribution in [-0.2, 0) is 6.18 Å². The van der Waals surface area contributed by atoms with Gasteiger partial charge in [-0.05, 0) is 30.3 Å². The highest BCUT2D eigenvalue weighted by atomic mass is 19.4. The van der Waals surface area contributed by atoms with Crippen molar-refractivity contribution in [2.75, 3.05) is 7.11 Å². The SMILES string of the molecule is COc1ccc(-c2cc(C(F)(F)F)ccc2O)c(F)c1. The van der Waals surface area contributed by atoms with Gasteiger partial charge in [-0.25, -0.2) is 4.39 Å². The average Bonchev–Trinajstić information content (AvgIpc) is 2.38. The zero-order valence-corrected chi connectivity index (χ0v) is 10.3. The quantitative estimate of drug-likeness (QED) is 0.837. The minimum Gasteiger partial charge on any atom is -0.507 e. The third-order valence-corrected chi connectivity index (χ3v) is 2.79. The van der Waals surface area contributed by atoms with E-state index in [1.165, 1.54) is 19.2 Å². The summed E-state index contributed by atoms with van der Waals surface area (Å²) in [5, 5.41) is 9.64. The summed E-state index contributed by atoms with van der Waals surface area (Å²) in [5.74, 6) is -0.973. The summed E-state index contributed by atoms with van der Waals surface area (Å²) in [5.41, 5.74) is -1.31. The van der Waals surface area contributed by atoms with E-state index in [9.17, 15) is 22.7 Å². The summed E-state index contributed by atoms with van der Waals surface area (Å²) in [6, 6.07) is 6.03. The Morgan fingerprint density at radius 3 is 2.25 bits per heavy atom. The fraction of sp³-hybridized carbons (Fsp3) is 0.143. The number of aromatic hydroxyl groups is 1. The van der Waals surface area contributed by atoms with E-state index < -0.39 is 23.3 Å². The first-order chi connectivity index (χ1) is 9.32. The maximum Gasteiger partial charge on any atom is 0.416 e. The van der Waals surface area contributed by atoms with Gasteiger partial charge in [0.1, 0.15) is 17.3 Å². The van der Waals surface area contributed by atoms with Gasteiger partial charge in [0.2, 0.25) is 0 Å². The topological polar surface area (TPSA) is 29.5 Å². The normalized spacial score (nSPS) is 11.4. The molecule has 0 bridgehead atoms. The molecule has 0 aliphatic carbocycles. The fourth-order valence-electron chi connectivity index (χ4n) is 1.77. The van der Waals surface area contributed by atoms with Gasteiger partial charge in [0, 0.05) is 17.2 Å². The molecule has 0 amide bonds. The zero-order chi connectivity index (χ0) is 14.9. The molecule has 0 atom stereocenters. The number of hydrogen-bond acceptors (Lipinski definition) is 2. The maximum atomic E-state index is 13.9. The predicted octanol–water partition coefficient (Wildman–Crippen LogP) is 4.23. The van der Waals surface area contributed by atoms with Crippen LogP contribution in [0.25, 0.3) is 11.1 Å². The molecule has 0 radical (unpaired) electrons. The first-order valence-electron chi connectivity index (χ1n) is 5.57. The lowest BCUT2D eigenvalue weighted by Crippen LogP contribution is -2.04. The van der Waals surface area contributed by atoms with Gasteiger partial charge in [0.05, 0.1) is 12.7 Å². The highest BCUT2D eigenvalue weighted by Crippen LogP contribution is 2.38. The first kappa shape index (κ1) is 14.2. The molecular formula is C14H10F4O2. The van der Waals surface area contributed by atoms with E-state index >= 15 is 0 Å². The molecule has 2 aromatic carbocycles. The molecule has 0 saturated carbocycles. The summed E-state index contributed by atoms with van der Waals surface area (Å²) in [6.45, 7) is 0. The number of alkyl halides is 3. The van der Waals surface area contributed by atoms with E-state index in [1.807, 2.05) is 0 Å². The molecule has 0 saturated heterocycles. The lowest BCUT2D eigenvalue weighted by molar-refractivity contribution is -0.137. The maximum absolute atomic E-state index is 13.9. The molecule has 6 heteroatoms. The number of rotatable bonds is 2. The smallest absolute Gasteiger partial charge is 0.416 e. The predicted molar refractivity (Wildman–Crippen MR) is 65.1 cm³/mol. The van der Waals surface area contributed by atoms with Crippen molar-refractivity contribution in [1.29, 1.82) is 0 Å². The number of halogens is 4. The highest BCUT2D eigenvalue weighted by Gasteiger charge is 2.31. The van der Waals surface area contributed by atoms with Crippen LogP contribution in [0, 0.1) is 5.82 Å². The minimum atomic E-state index is -4.56. The monoisotopic (exact) mass is 286 g/mol. The van der Waals surface area contributed by atoms with Gasteiger partial charge in [0.15, 0.2) is 0 Å². The van der Waals surface area contributed by atoms with Crippen LogP contribution in [0.5, 0.6) is 11.5 Å². The Balaban J connectivity index is 2.57. The highest BCUT2D eigenvalue weighted by molar-refractivity contribution is 5.72. The van der Waals surface area contributed by atoms with Gasteiger partial charge in [-0.15, -0.1) is 0 Å². The molecule has 2 aromatic rings. The van der Waals surface area contributed by atoms with Crippen LogP contribution in [0.4, 0.5) is 17.6 Å². The van der Waals surface area contributed by atoms with Crippen LogP contribution in [-0.4, -0.2) is 12.2 Å². The first-order valence-corrected chi connectivity index (χ1v) is 5.57. The zero-order valence-electron chi connectivity index (χ0n) is 10.3. The Labute approximate surface area is 112 Å². The fourth-order valence-corrected chi connectivity index (χ4v) is 1.77. The molecule has 0 aliphatic rings. The second-order valence-corrected chi connectivity index (χ2v) is 4.08. The molecule has 20 heavy (non-hydrogen) atoms. The third kappa shape index (κ3) is 2.68. The van der Waals surface area contributed by atoms with Crippen LogP contribution in [0.1, 0.15) is 5.56 Å². The molecule has 2 rings (SSSR count). The van der Waals surface area contributed by atoms with E-state index in [0.29, 0.717) is 6.07 Å². The third-order valence-electron chi connectivity index (χ3n) is 2.79. The molecule has 2 nitrogen and oxygen atoms in total. The Kier molecular flexibility index (Phi) is 3.57. The van der Waals surface area contributed by atoms with Gasteiger partial charge in [-0.2, -0.15) is 13.2 Å². The lowest BCUT2D eigenvalue weighted by Gasteiger charge is -2.12. The van der Waals surface area contributed by atoms with Gasteiger partial charge in [0.25, 0.3) is 0 Å². The molecule has 1 N–H and O–H groups in total. The van der Waals surface area contributed by atoms with Gasteiger partial charge in [-0.1, -0.05) is 0 Å². The number of benzene rings is 2. The summed E-state index contributed by atoms with van der Waals surface area (Å²) >= 11 is 0. The minimum absolute atomic E-state index is 0.130. The van der Waals surface area contributed by atoms with Crippen LogP contribution < -0.4 is 4.74 Å². The van der Waals surface area contributed by atoms with Crippen LogP contribution >= 0.6 is 0 Å². The summed E-state index contributed by atoms with van der Waals surface area (Å²) < 4.78 is 56.6. The van der Waals surface area contributed by atoms with Crippen LogP contribution in [0.3, 0.4) is 0 Å². The molecule has 0 aromatic heterocycles. The van der Waals surface area contributed by atoms with E-state index in [-0.39, 0.29) is 16.9 Å². The van der Waals surface area contributed by atoms with Crippen LogP contribution in [0.2, 0.25) is 0 Å². The number of ether oxygens (including phenoxy) is 1. The summed E-state index contributed by atoms with van der Waals surface area (Å²) in [6.07, 6.45) is -4.56. The van der Waals surface area contributed by atoms with E-state index in [4.69, 9.17) is 4.74 Å². The van der Waals surface area contributed by atoms with Crippen molar-refractivity contribution in [3.8, 4) is 22.6 Å². The van der Waals surface area contributed by atoms with Crippen molar-refractivity contribution in [3.63, 3.8) is 0 Å². The Morgan fingerprint density at radius 1 is 1.00 bits per heavy atom. The Bertz CT molecular complexity index is 636. The lowest BCUT2D eigenvalue weighted by atomic mass is 10.0. The number of methoxy groups -OCH3 is 1. The second-order valence-electron chi connectivity index (χ2n) is 4.08. The molecule has 0 fully saturated rings.